The van der Waals surface area contributed by atoms with Crippen LogP contribution in [0.1, 0.15) is 128 Å². The van der Waals surface area contributed by atoms with E-state index < -0.39 is 98.1 Å². The maximum Gasteiger partial charge on any atom is 0.339 e. The number of hydrogen-bond acceptors (Lipinski definition) is 13. The number of furan rings is 1. The smallest absolute Gasteiger partial charge is 0.339 e. The lowest BCUT2D eigenvalue weighted by molar-refractivity contribution is -0.319. The zero-order chi connectivity index (χ0) is 57.1. The Balaban J connectivity index is 0.871. The first-order valence-corrected chi connectivity index (χ1v) is 33.0. The second kappa shape index (κ2) is 17.0. The molecule has 7 saturated carbocycles. The molecule has 18 rings (SSSR count). The first kappa shape index (κ1) is 52.6. The molecule has 4 N–H and O–H groups in total. The van der Waals surface area contributed by atoms with Crippen molar-refractivity contribution in [2.75, 3.05) is 26.4 Å². The van der Waals surface area contributed by atoms with Gasteiger partial charge in [0.2, 0.25) is 0 Å². The third-order valence-electron chi connectivity index (χ3n) is 28.5. The highest BCUT2D eigenvalue weighted by atomic mass is 16.7. The fraction of sp³-hybridized carbons (Fsp3) is 0.704. The number of carbonyl (C=O) groups is 3. The van der Waals surface area contributed by atoms with Crippen LogP contribution in [-0.4, -0.2) is 106 Å². The number of cyclic esters (lactones) is 1. The van der Waals surface area contributed by atoms with Gasteiger partial charge in [-0.3, -0.25) is 14.9 Å². The molecule has 0 radical (unpaired) electrons. The molecule has 1 aromatic carbocycles. The second-order valence-electron chi connectivity index (χ2n) is 31.5. The third kappa shape index (κ3) is 5.67. The van der Waals surface area contributed by atoms with Crippen molar-refractivity contribution in [3.63, 3.8) is 0 Å². The number of allylic oxidation sites excluding steroid dienone is 2. The molecule has 13 heteroatoms. The number of aliphatic hydroxyl groups excluding tert-OH is 3. The van der Waals surface area contributed by atoms with E-state index in [2.05, 4.69) is 111 Å². The van der Waals surface area contributed by atoms with Crippen molar-refractivity contribution in [2.45, 2.75) is 171 Å². The Morgan fingerprint density at radius 3 is 2.67 bits per heavy atom. The Morgan fingerprint density at radius 1 is 0.976 bits per heavy atom. The van der Waals surface area contributed by atoms with E-state index in [1.54, 1.807) is 6.26 Å². The van der Waals surface area contributed by atoms with Crippen LogP contribution in [0, 0.1) is 122 Å². The largest absolute Gasteiger partial charge is 0.469 e. The minimum absolute atomic E-state index is 0.0165. The zero-order valence-electron chi connectivity index (χ0n) is 49.3. The predicted molar refractivity (Wildman–Crippen MR) is 306 cm³/mol. The number of ether oxygens (including phenoxy) is 4. The van der Waals surface area contributed by atoms with Crippen molar-refractivity contribution in [3.05, 3.63) is 95.6 Å². The summed E-state index contributed by atoms with van der Waals surface area (Å²) in [5.74, 6) is 6.32. The van der Waals surface area contributed by atoms with Crippen molar-refractivity contribution in [1.29, 1.82) is 0 Å². The summed E-state index contributed by atoms with van der Waals surface area (Å²) in [5, 5.41) is 41.5. The van der Waals surface area contributed by atoms with Crippen LogP contribution in [-0.2, 0) is 51.8 Å². The van der Waals surface area contributed by atoms with Gasteiger partial charge in [-0.25, -0.2) is 4.79 Å². The van der Waals surface area contributed by atoms with Gasteiger partial charge in [-0.05, 0) is 184 Å². The predicted octanol–water partition coefficient (Wildman–Crippen LogP) is 8.39. The van der Waals surface area contributed by atoms with Gasteiger partial charge in [-0.15, -0.1) is 0 Å². The van der Waals surface area contributed by atoms with Crippen molar-refractivity contribution in [3.8, 4) is 11.8 Å². The van der Waals surface area contributed by atoms with E-state index in [1.165, 1.54) is 5.56 Å². The number of nitrogens with one attached hydrogen (secondary N) is 1. The van der Waals surface area contributed by atoms with E-state index in [4.69, 9.17) is 23.4 Å². The number of nitrogens with zero attached hydrogens (tertiary/aromatic N) is 1. The molecule has 26 atom stereocenters. The minimum Gasteiger partial charge on any atom is -0.469 e. The minimum atomic E-state index is -1.59. The number of aliphatic hydroxyl groups is 3. The molecule has 444 valence electrons. The van der Waals surface area contributed by atoms with Gasteiger partial charge in [-0.2, -0.15) is 0 Å². The molecule has 10 bridgehead atoms. The van der Waals surface area contributed by atoms with Gasteiger partial charge in [0.15, 0.2) is 17.5 Å². The first-order valence-electron chi connectivity index (χ1n) is 33.0. The Kier molecular flexibility index (Phi) is 10.6. The lowest BCUT2D eigenvalue weighted by Gasteiger charge is -2.74. The standard InChI is InChI=1S/C71H84N2O11/c1-38(2)23-46-28-48-29-47-25-41-16-20-67-62(79)81-36-66-57-45(33-65(47,67)31-41)32-63(3)68(51-18-22-80-55(51)30-50(54(75)35-74)43-14-15-49-44(27-43)17-21-73-37-72-34-53(49)73)19-8-11-42-13-12-40(24-39-9-6-5-7-10-39)26-52(42)69(57,71(63)60(82-71)61(78)83-68)59(77)56(76)58(66)64(46,4)84-70(48,66)67/h5-7,9-10,16-18,20-22,28,38,40-47,49-50,52-54,57-60,72,74-75,77H,12-15,19,23-27,29-37H2,1-4H3. The van der Waals surface area contributed by atoms with Crippen molar-refractivity contribution in [1.82, 2.24) is 10.2 Å². The van der Waals surface area contributed by atoms with E-state index in [0.29, 0.717) is 54.9 Å². The highest BCUT2D eigenvalue weighted by molar-refractivity contribution is 5.95. The molecular formula is C71H84N2O11. The molecule has 9 aliphatic carbocycles. The van der Waals surface area contributed by atoms with Gasteiger partial charge in [0.1, 0.15) is 35.1 Å². The summed E-state index contributed by atoms with van der Waals surface area (Å²) >= 11 is 0. The number of fused-ring (bicyclic) bond motifs is 7. The van der Waals surface area contributed by atoms with Crippen LogP contribution in [0.15, 0.2) is 83.2 Å². The topological polar surface area (TPSA) is 181 Å². The van der Waals surface area contributed by atoms with Gasteiger partial charge in [-0.1, -0.05) is 87.2 Å². The molecule has 0 amide bonds. The fourth-order valence-corrected chi connectivity index (χ4v) is 26.2. The molecule has 84 heavy (non-hydrogen) atoms. The van der Waals surface area contributed by atoms with Gasteiger partial charge in [0.25, 0.3) is 0 Å². The zero-order valence-corrected chi connectivity index (χ0v) is 49.3. The summed E-state index contributed by atoms with van der Waals surface area (Å²) in [6.07, 6.45) is 20.6. The second-order valence-corrected chi connectivity index (χ2v) is 31.5. The summed E-state index contributed by atoms with van der Waals surface area (Å²) in [6.45, 7) is 10.3. The number of Topliss-reactive ketones (excluding diaryl/α,β-unsaturated/α-hetero) is 1. The molecule has 8 heterocycles. The summed E-state index contributed by atoms with van der Waals surface area (Å²) in [5.41, 5.74) is -7.79. The lowest BCUT2D eigenvalue weighted by Crippen LogP contribution is -2.84. The lowest BCUT2D eigenvalue weighted by atomic mass is 9.28. The maximum atomic E-state index is 17.5. The molecule has 7 aliphatic heterocycles. The number of esters is 2. The van der Waals surface area contributed by atoms with Crippen LogP contribution in [0.3, 0.4) is 0 Å². The molecule has 16 aliphatic rings. The van der Waals surface area contributed by atoms with Crippen LogP contribution >= 0.6 is 0 Å². The maximum absolute atomic E-state index is 17.5. The Labute approximate surface area is 493 Å². The van der Waals surface area contributed by atoms with Crippen molar-refractivity contribution < 1.29 is 53.1 Å². The molecule has 26 unspecified atom stereocenters. The average Bonchev–Trinajstić information content (AvgIpc) is 1.39. The SMILES string of the molecule is CC(C)CC1C=C2CC3CC4C=CC56C(=O)OCC78C(C(=O)C(O)C9%10C%11CC(Cc%12ccccc%12)CCC%11C#CCC%11(c%12ccoc%12CC(C(O)CO)C%12CCC%13C(C=CN%14CNCC%13%14)C%12)OC(=O)C%12OC%129C%11(C)CC(CC35C4)C7%10)C1(C)OC286. The number of rotatable bonds is 10. The van der Waals surface area contributed by atoms with E-state index in [1.807, 2.05) is 6.07 Å². The summed E-state index contributed by atoms with van der Waals surface area (Å²) in [4.78, 5) is 52.1. The van der Waals surface area contributed by atoms with Crippen LogP contribution < -0.4 is 5.32 Å². The van der Waals surface area contributed by atoms with Crippen LogP contribution in [0.4, 0.5) is 0 Å². The van der Waals surface area contributed by atoms with E-state index in [0.717, 1.165) is 83.0 Å². The van der Waals surface area contributed by atoms with Gasteiger partial charge < -0.3 is 43.6 Å². The van der Waals surface area contributed by atoms with Crippen LogP contribution in [0.25, 0.3) is 0 Å². The molecular weight excluding hydrogens is 1060 g/mol. The van der Waals surface area contributed by atoms with Crippen molar-refractivity contribution in [2.24, 2.45) is 110 Å². The van der Waals surface area contributed by atoms with E-state index in [9.17, 15) is 15.3 Å². The Bertz CT molecular complexity index is 3360. The highest BCUT2D eigenvalue weighted by Crippen LogP contribution is 2.93. The number of ketones is 1. The molecule has 13 nitrogen and oxygen atoms in total. The average molecular weight is 1140 g/mol. The van der Waals surface area contributed by atoms with E-state index >= 15 is 14.4 Å². The fourth-order valence-electron chi connectivity index (χ4n) is 26.2. The number of carbonyl (C=O) groups excluding carboxylic acids is 3. The quantitative estimate of drug-likeness (QED) is 0.0772. The Morgan fingerprint density at radius 2 is 1.83 bits per heavy atom. The first-order chi connectivity index (χ1) is 40.5. The van der Waals surface area contributed by atoms with Crippen LogP contribution in [0.2, 0.25) is 0 Å². The number of epoxide rings is 1. The Hall–Kier alpha value is -4.55. The van der Waals surface area contributed by atoms with Crippen LogP contribution in [0.5, 0.6) is 0 Å². The molecule has 12 fully saturated rings. The molecule has 5 saturated heterocycles. The molecule has 6 spiro atoms. The summed E-state index contributed by atoms with van der Waals surface area (Å²) in [6, 6.07) is 13.1. The van der Waals surface area contributed by atoms with Gasteiger partial charge in [0, 0.05) is 47.2 Å². The summed E-state index contributed by atoms with van der Waals surface area (Å²) in [7, 11) is 0. The van der Waals surface area contributed by atoms with Gasteiger partial charge >= 0.3 is 11.9 Å². The molecule has 2 aromatic rings. The van der Waals surface area contributed by atoms with E-state index in [-0.39, 0.29) is 78.0 Å². The van der Waals surface area contributed by atoms with Crippen molar-refractivity contribution >= 4 is 17.7 Å². The molecule has 1 aromatic heterocycles. The monoisotopic (exact) mass is 1140 g/mol. The third-order valence-corrected chi connectivity index (χ3v) is 28.5. The van der Waals surface area contributed by atoms with Gasteiger partial charge in [0.05, 0.1) is 49.0 Å². The normalized spacial score (nSPS) is 52.6. The number of benzene rings is 1. The number of hydrogen-bond donors (Lipinski definition) is 4. The summed E-state index contributed by atoms with van der Waals surface area (Å²) < 4.78 is 37.4. The highest BCUT2D eigenvalue weighted by Gasteiger charge is 3.01.